The fraction of sp³-hybridized carbons (Fsp3) is 0.714. The number of nitrogens with one attached hydrogen (secondary N) is 1. The molecule has 0 aromatic carbocycles. The van der Waals surface area contributed by atoms with Crippen LogP contribution in [0.25, 0.3) is 0 Å². The summed E-state index contributed by atoms with van der Waals surface area (Å²) in [6.07, 6.45) is 3.59. The number of carboxylic acids is 1. The normalized spacial score (nSPS) is 22.0. The Balaban J connectivity index is 2.81. The fourth-order valence-corrected chi connectivity index (χ4v) is 2.32. The smallest absolute Gasteiger partial charge is 0.326 e. The maximum absolute atomic E-state index is 11.6. The van der Waals surface area contributed by atoms with E-state index in [1.54, 1.807) is 6.08 Å². The third kappa shape index (κ3) is 3.86. The molecule has 0 bridgehead atoms. The van der Waals surface area contributed by atoms with Crippen LogP contribution in [-0.2, 0) is 9.59 Å². The summed E-state index contributed by atoms with van der Waals surface area (Å²) in [7, 11) is 0. The summed E-state index contributed by atoms with van der Waals surface area (Å²) < 4.78 is 0. The molecule has 0 aliphatic heterocycles. The average Bonchev–Trinajstić information content (AvgIpc) is 2.21. The predicted octanol–water partition coefficient (Wildman–Crippen LogP) is 2.35. The lowest BCUT2D eigenvalue weighted by Gasteiger charge is -2.32. The Labute approximate surface area is 108 Å². The third-order valence-corrected chi connectivity index (χ3v) is 3.48. The lowest BCUT2D eigenvalue weighted by molar-refractivity contribution is -0.140. The number of carboxylic acid groups (broad SMARTS) is 1. The van der Waals surface area contributed by atoms with Gasteiger partial charge in [0.15, 0.2) is 5.78 Å². The van der Waals surface area contributed by atoms with E-state index in [-0.39, 0.29) is 17.1 Å². The Morgan fingerprint density at radius 3 is 2.56 bits per heavy atom. The molecule has 0 spiro atoms. The van der Waals surface area contributed by atoms with E-state index in [1.807, 2.05) is 27.7 Å². The fourth-order valence-electron chi connectivity index (χ4n) is 2.32. The van der Waals surface area contributed by atoms with Crippen molar-refractivity contribution in [3.63, 3.8) is 0 Å². The molecule has 1 aliphatic carbocycles. The number of carbonyl (C=O) groups is 2. The van der Waals surface area contributed by atoms with Gasteiger partial charge in [-0.05, 0) is 17.8 Å². The highest BCUT2D eigenvalue weighted by atomic mass is 16.4. The van der Waals surface area contributed by atoms with Gasteiger partial charge in [-0.15, -0.1) is 0 Å². The molecule has 1 aliphatic rings. The van der Waals surface area contributed by atoms with Crippen molar-refractivity contribution in [1.82, 2.24) is 5.32 Å². The highest BCUT2D eigenvalue weighted by Crippen LogP contribution is 2.33. The Bertz CT molecular complexity index is 371. The summed E-state index contributed by atoms with van der Waals surface area (Å²) in [6.45, 7) is 7.92. The molecule has 0 saturated carbocycles. The van der Waals surface area contributed by atoms with Gasteiger partial charge >= 0.3 is 5.97 Å². The van der Waals surface area contributed by atoms with Crippen LogP contribution in [0.3, 0.4) is 0 Å². The van der Waals surface area contributed by atoms with Gasteiger partial charge in [0, 0.05) is 18.2 Å². The molecule has 0 heterocycles. The van der Waals surface area contributed by atoms with Crippen LogP contribution in [0.4, 0.5) is 0 Å². The first kappa shape index (κ1) is 14.7. The van der Waals surface area contributed by atoms with Gasteiger partial charge in [0.2, 0.25) is 0 Å². The summed E-state index contributed by atoms with van der Waals surface area (Å²) in [5, 5.41) is 12.3. The molecule has 2 atom stereocenters. The SMILES string of the molecule is CCC(C)C(NC1=CC(=O)CC(C)(C)C1)C(=O)O. The van der Waals surface area contributed by atoms with Crippen molar-refractivity contribution < 1.29 is 14.7 Å². The lowest BCUT2D eigenvalue weighted by Crippen LogP contribution is -2.43. The second-order valence-electron chi connectivity index (χ2n) is 6.00. The average molecular weight is 253 g/mol. The van der Waals surface area contributed by atoms with E-state index in [0.29, 0.717) is 6.42 Å². The van der Waals surface area contributed by atoms with Gasteiger partial charge < -0.3 is 10.4 Å². The lowest BCUT2D eigenvalue weighted by atomic mass is 9.78. The van der Waals surface area contributed by atoms with Gasteiger partial charge in [-0.2, -0.15) is 0 Å². The van der Waals surface area contributed by atoms with Crippen LogP contribution in [0, 0.1) is 11.3 Å². The quantitative estimate of drug-likeness (QED) is 0.789. The highest BCUT2D eigenvalue weighted by molar-refractivity contribution is 5.91. The van der Waals surface area contributed by atoms with Crippen LogP contribution in [0.15, 0.2) is 11.8 Å². The van der Waals surface area contributed by atoms with Crippen LogP contribution in [0.5, 0.6) is 0 Å². The van der Waals surface area contributed by atoms with Gasteiger partial charge in [0.1, 0.15) is 6.04 Å². The highest BCUT2D eigenvalue weighted by Gasteiger charge is 2.31. The molecule has 0 saturated heterocycles. The summed E-state index contributed by atoms with van der Waals surface area (Å²) in [4.78, 5) is 22.9. The molecule has 0 amide bonds. The van der Waals surface area contributed by atoms with E-state index < -0.39 is 12.0 Å². The molecular weight excluding hydrogens is 230 g/mol. The molecule has 2 N–H and O–H groups in total. The van der Waals surface area contributed by atoms with Crippen molar-refractivity contribution in [2.24, 2.45) is 11.3 Å². The van der Waals surface area contributed by atoms with Crippen LogP contribution < -0.4 is 5.32 Å². The number of carbonyl (C=O) groups excluding carboxylic acids is 1. The molecule has 4 nitrogen and oxygen atoms in total. The number of rotatable bonds is 5. The molecule has 1 rings (SSSR count). The van der Waals surface area contributed by atoms with E-state index in [0.717, 1.165) is 18.5 Å². The first-order valence-electron chi connectivity index (χ1n) is 6.48. The van der Waals surface area contributed by atoms with Gasteiger partial charge in [-0.3, -0.25) is 4.79 Å². The number of ketones is 1. The van der Waals surface area contributed by atoms with Crippen LogP contribution in [-0.4, -0.2) is 22.9 Å². The molecule has 0 aromatic heterocycles. The number of allylic oxidation sites excluding steroid dienone is 2. The Kier molecular flexibility index (Phi) is 4.54. The molecule has 0 fully saturated rings. The molecule has 18 heavy (non-hydrogen) atoms. The summed E-state index contributed by atoms with van der Waals surface area (Å²) in [5.74, 6) is -0.758. The first-order valence-corrected chi connectivity index (χ1v) is 6.48. The molecule has 0 aromatic rings. The van der Waals surface area contributed by atoms with Gasteiger partial charge in [-0.1, -0.05) is 34.1 Å². The minimum Gasteiger partial charge on any atom is -0.480 e. The monoisotopic (exact) mass is 253 g/mol. The number of hydrogen-bond donors (Lipinski definition) is 2. The van der Waals surface area contributed by atoms with Crippen molar-refractivity contribution in [2.75, 3.05) is 0 Å². The van der Waals surface area contributed by atoms with E-state index in [4.69, 9.17) is 0 Å². The Hall–Kier alpha value is -1.32. The van der Waals surface area contributed by atoms with Gasteiger partial charge in [0.25, 0.3) is 0 Å². The Morgan fingerprint density at radius 2 is 2.11 bits per heavy atom. The zero-order valence-corrected chi connectivity index (χ0v) is 11.6. The summed E-state index contributed by atoms with van der Waals surface area (Å²) >= 11 is 0. The van der Waals surface area contributed by atoms with Gasteiger partial charge in [0.05, 0.1) is 0 Å². The van der Waals surface area contributed by atoms with Crippen LogP contribution >= 0.6 is 0 Å². The maximum atomic E-state index is 11.6. The zero-order chi connectivity index (χ0) is 13.9. The van der Waals surface area contributed by atoms with Crippen LogP contribution in [0.2, 0.25) is 0 Å². The van der Waals surface area contributed by atoms with Crippen molar-refractivity contribution in [1.29, 1.82) is 0 Å². The van der Waals surface area contributed by atoms with Crippen molar-refractivity contribution in [3.05, 3.63) is 11.8 Å². The second kappa shape index (κ2) is 5.55. The Morgan fingerprint density at radius 1 is 1.50 bits per heavy atom. The van der Waals surface area contributed by atoms with E-state index in [1.165, 1.54) is 0 Å². The molecule has 2 unspecified atom stereocenters. The predicted molar refractivity (Wildman–Crippen MR) is 70.1 cm³/mol. The third-order valence-electron chi connectivity index (χ3n) is 3.48. The van der Waals surface area contributed by atoms with Crippen molar-refractivity contribution in [3.8, 4) is 0 Å². The number of hydrogen-bond acceptors (Lipinski definition) is 3. The van der Waals surface area contributed by atoms with E-state index >= 15 is 0 Å². The second-order valence-corrected chi connectivity index (χ2v) is 6.00. The molecule has 4 heteroatoms. The molecule has 102 valence electrons. The first-order chi connectivity index (χ1) is 8.25. The molecular formula is C14H23NO3. The standard InChI is InChI=1S/C14H23NO3/c1-5-9(2)12(13(17)18)15-10-6-11(16)8-14(3,4)7-10/h6,9,12,15H,5,7-8H2,1-4H3,(H,17,18). The zero-order valence-electron chi connectivity index (χ0n) is 11.6. The topological polar surface area (TPSA) is 66.4 Å². The largest absolute Gasteiger partial charge is 0.480 e. The minimum atomic E-state index is -0.860. The van der Waals surface area contributed by atoms with E-state index in [2.05, 4.69) is 5.32 Å². The minimum absolute atomic E-state index is 0.0311. The van der Waals surface area contributed by atoms with Crippen molar-refractivity contribution in [2.45, 2.75) is 53.0 Å². The van der Waals surface area contributed by atoms with E-state index in [9.17, 15) is 14.7 Å². The number of aliphatic carboxylic acids is 1. The summed E-state index contributed by atoms with van der Waals surface area (Å²) in [6, 6.07) is -0.622. The van der Waals surface area contributed by atoms with Gasteiger partial charge in [-0.25, -0.2) is 4.79 Å². The van der Waals surface area contributed by atoms with Crippen molar-refractivity contribution >= 4 is 11.8 Å². The summed E-state index contributed by atoms with van der Waals surface area (Å²) in [5.41, 5.74) is 0.663. The maximum Gasteiger partial charge on any atom is 0.326 e. The van der Waals surface area contributed by atoms with Crippen LogP contribution in [0.1, 0.15) is 47.0 Å². The molecule has 0 radical (unpaired) electrons.